The van der Waals surface area contributed by atoms with E-state index in [1.54, 1.807) is 0 Å². The first kappa shape index (κ1) is 11.1. The van der Waals surface area contributed by atoms with Gasteiger partial charge in [-0.2, -0.15) is 0 Å². The minimum absolute atomic E-state index is 0.501. The maximum atomic E-state index is 5.43. The maximum absolute atomic E-state index is 5.43. The number of hydrogen-bond donors (Lipinski definition) is 0. The zero-order valence-electron chi connectivity index (χ0n) is 7.68. The monoisotopic (exact) mass is 151 g/mol. The van der Waals surface area contributed by atoms with E-state index in [0.29, 0.717) is 5.92 Å². The molecule has 1 atom stereocenters. The Morgan fingerprint density at radius 2 is 2.27 bits per heavy atom. The molecular formula is C8H17B2O. The molecule has 0 amide bonds. The first-order valence-corrected chi connectivity index (χ1v) is 4.37. The molecule has 0 aliphatic carbocycles. The van der Waals surface area contributed by atoms with Crippen LogP contribution in [0.5, 0.6) is 0 Å². The van der Waals surface area contributed by atoms with Crippen molar-refractivity contribution in [3.63, 3.8) is 0 Å². The second-order valence-electron chi connectivity index (χ2n) is 2.97. The fourth-order valence-electron chi connectivity index (χ4n) is 0.742. The van der Waals surface area contributed by atoms with Gasteiger partial charge in [0.05, 0.1) is 7.85 Å². The molecule has 11 heavy (non-hydrogen) atoms. The van der Waals surface area contributed by atoms with Gasteiger partial charge in [0, 0.05) is 13.2 Å². The van der Waals surface area contributed by atoms with Gasteiger partial charge in [0.15, 0.2) is 0 Å². The predicted molar refractivity (Wildman–Crippen MR) is 51.6 cm³/mol. The number of ether oxygens (including phenoxy) is 1. The van der Waals surface area contributed by atoms with Gasteiger partial charge >= 0.3 is 0 Å². The molecule has 1 unspecified atom stereocenters. The average Bonchev–Trinajstić information content (AvgIpc) is 2.04. The van der Waals surface area contributed by atoms with Crippen molar-refractivity contribution < 1.29 is 4.74 Å². The normalized spacial score (nSPS) is 12.9. The smallest absolute Gasteiger partial charge is 0.105 e. The topological polar surface area (TPSA) is 9.23 Å². The van der Waals surface area contributed by atoms with Crippen LogP contribution >= 0.6 is 0 Å². The Morgan fingerprint density at radius 3 is 2.82 bits per heavy atom. The van der Waals surface area contributed by atoms with Gasteiger partial charge in [0.25, 0.3) is 0 Å². The Balaban J connectivity index is 2.89. The molecule has 0 heterocycles. The number of hydrogen-bond acceptors (Lipinski definition) is 1. The molecule has 1 nitrogen and oxygen atoms in total. The van der Waals surface area contributed by atoms with Crippen molar-refractivity contribution in [3.05, 3.63) is 0 Å². The Morgan fingerprint density at radius 1 is 1.55 bits per heavy atom. The molecule has 3 radical (unpaired) electrons. The highest BCUT2D eigenvalue weighted by Gasteiger charge is 1.96. The molecule has 61 valence electrons. The van der Waals surface area contributed by atoms with Crippen LogP contribution in [0.3, 0.4) is 0 Å². The summed E-state index contributed by atoms with van der Waals surface area (Å²) in [6, 6.07) is 0. The predicted octanol–water partition coefficient (Wildman–Crippen LogP) is 1.79. The quantitative estimate of drug-likeness (QED) is 0.398. The van der Waals surface area contributed by atoms with Crippen LogP contribution in [-0.2, 0) is 4.74 Å². The first-order chi connectivity index (χ1) is 5.31. The van der Waals surface area contributed by atoms with E-state index in [0.717, 1.165) is 32.3 Å². The summed E-state index contributed by atoms with van der Waals surface area (Å²) in [5.41, 5.74) is 0. The minimum Gasteiger partial charge on any atom is -0.381 e. The second kappa shape index (κ2) is 8.19. The van der Waals surface area contributed by atoms with Crippen LogP contribution in [0.4, 0.5) is 0 Å². The van der Waals surface area contributed by atoms with Gasteiger partial charge in [0.2, 0.25) is 0 Å². The van der Waals surface area contributed by atoms with Gasteiger partial charge in [-0.05, 0) is 12.3 Å². The van der Waals surface area contributed by atoms with Crippen molar-refractivity contribution in [1.82, 2.24) is 0 Å². The van der Waals surface area contributed by atoms with Crippen LogP contribution < -0.4 is 0 Å². The van der Waals surface area contributed by atoms with Crippen molar-refractivity contribution in [3.8, 4) is 0 Å². The van der Waals surface area contributed by atoms with E-state index in [-0.39, 0.29) is 0 Å². The van der Waals surface area contributed by atoms with E-state index in [9.17, 15) is 0 Å². The van der Waals surface area contributed by atoms with Crippen LogP contribution in [0.1, 0.15) is 13.3 Å². The van der Waals surface area contributed by atoms with Gasteiger partial charge in [0.1, 0.15) is 7.28 Å². The molecule has 0 fully saturated rings. The third kappa shape index (κ3) is 7.99. The van der Waals surface area contributed by atoms with Gasteiger partial charge in [-0.15, -0.1) is 0 Å². The molecule has 0 N–H and O–H groups in total. The SMILES string of the molecule is [B]CC(C)COCCC[B]C. The highest BCUT2D eigenvalue weighted by molar-refractivity contribution is 6.33. The lowest BCUT2D eigenvalue weighted by Crippen LogP contribution is -2.06. The van der Waals surface area contributed by atoms with Crippen molar-refractivity contribution in [2.45, 2.75) is 32.8 Å². The maximum Gasteiger partial charge on any atom is 0.105 e. The fourth-order valence-corrected chi connectivity index (χ4v) is 0.742. The van der Waals surface area contributed by atoms with Crippen molar-refractivity contribution >= 4 is 15.1 Å². The van der Waals surface area contributed by atoms with E-state index < -0.39 is 0 Å². The second-order valence-corrected chi connectivity index (χ2v) is 2.97. The molecule has 0 spiro atoms. The van der Waals surface area contributed by atoms with Crippen molar-refractivity contribution in [1.29, 1.82) is 0 Å². The standard InChI is InChI=1S/C8H17B2O/c1-8(6-9)7-11-5-3-4-10-2/h8H,3-7H2,1-2H3. The fraction of sp³-hybridized carbons (Fsp3) is 1.00. The zero-order valence-corrected chi connectivity index (χ0v) is 7.68. The van der Waals surface area contributed by atoms with Gasteiger partial charge in [-0.3, -0.25) is 0 Å². The molecule has 0 aromatic heterocycles. The van der Waals surface area contributed by atoms with Crippen molar-refractivity contribution in [2.75, 3.05) is 13.2 Å². The largest absolute Gasteiger partial charge is 0.381 e. The molecule has 0 saturated carbocycles. The highest BCUT2D eigenvalue weighted by atomic mass is 16.5. The summed E-state index contributed by atoms with van der Waals surface area (Å²) < 4.78 is 5.39. The minimum atomic E-state index is 0.501. The molecule has 0 rings (SSSR count). The summed E-state index contributed by atoms with van der Waals surface area (Å²) in [5.74, 6) is 0.501. The summed E-state index contributed by atoms with van der Waals surface area (Å²) in [6.45, 7) is 5.85. The molecule has 0 aliphatic heterocycles. The summed E-state index contributed by atoms with van der Waals surface area (Å²) >= 11 is 0. The molecule has 3 heteroatoms. The third-order valence-electron chi connectivity index (χ3n) is 1.59. The van der Waals surface area contributed by atoms with Crippen LogP contribution in [0.2, 0.25) is 19.5 Å². The van der Waals surface area contributed by atoms with E-state index in [1.807, 2.05) is 0 Å². The van der Waals surface area contributed by atoms with Crippen molar-refractivity contribution in [2.24, 2.45) is 5.92 Å². The summed E-state index contributed by atoms with van der Waals surface area (Å²) in [5, 5.41) is 0. The third-order valence-corrected chi connectivity index (χ3v) is 1.59. The van der Waals surface area contributed by atoms with Gasteiger partial charge < -0.3 is 4.74 Å². The summed E-state index contributed by atoms with van der Waals surface area (Å²) in [7, 11) is 7.59. The molecule has 0 aliphatic rings. The Hall–Kier alpha value is 0.0899. The molecule has 0 bridgehead atoms. The van der Waals surface area contributed by atoms with Crippen LogP contribution in [-0.4, -0.2) is 28.3 Å². The van der Waals surface area contributed by atoms with E-state index in [4.69, 9.17) is 12.6 Å². The van der Waals surface area contributed by atoms with Crippen LogP contribution in [0, 0.1) is 5.92 Å². The Labute approximate surface area is 72.5 Å². The lowest BCUT2D eigenvalue weighted by atomic mass is 9.77. The Kier molecular flexibility index (Phi) is 8.26. The van der Waals surface area contributed by atoms with Crippen LogP contribution in [0.25, 0.3) is 0 Å². The summed E-state index contributed by atoms with van der Waals surface area (Å²) in [4.78, 5) is 0. The van der Waals surface area contributed by atoms with E-state index >= 15 is 0 Å². The zero-order chi connectivity index (χ0) is 8.53. The molecule has 0 aromatic rings. The number of rotatable bonds is 7. The molecule has 0 aromatic carbocycles. The van der Waals surface area contributed by atoms with E-state index in [1.165, 1.54) is 0 Å². The lowest BCUT2D eigenvalue weighted by molar-refractivity contribution is 0.111. The Bertz CT molecular complexity index is 78.5. The van der Waals surface area contributed by atoms with Gasteiger partial charge in [-0.25, -0.2) is 0 Å². The first-order valence-electron chi connectivity index (χ1n) is 4.37. The van der Waals surface area contributed by atoms with Crippen LogP contribution in [0.15, 0.2) is 0 Å². The van der Waals surface area contributed by atoms with Gasteiger partial charge in [-0.1, -0.05) is 26.4 Å². The molecule has 0 saturated heterocycles. The van der Waals surface area contributed by atoms with E-state index in [2.05, 4.69) is 21.0 Å². The average molecular weight is 151 g/mol. The molecular weight excluding hydrogens is 134 g/mol. The lowest BCUT2D eigenvalue weighted by Gasteiger charge is -2.08. The summed E-state index contributed by atoms with van der Waals surface area (Å²) in [6.07, 6.45) is 3.00. The highest BCUT2D eigenvalue weighted by Crippen LogP contribution is 2.00.